The van der Waals surface area contributed by atoms with Gasteiger partial charge in [0.15, 0.2) is 0 Å². The number of benzene rings is 1. The van der Waals surface area contributed by atoms with E-state index >= 15 is 0 Å². The van der Waals surface area contributed by atoms with Crippen LogP contribution >= 0.6 is 15.9 Å². The van der Waals surface area contributed by atoms with Crippen LogP contribution in [0.5, 0.6) is 0 Å². The summed E-state index contributed by atoms with van der Waals surface area (Å²) in [7, 11) is 1.90. The van der Waals surface area contributed by atoms with E-state index in [0.29, 0.717) is 0 Å². The maximum Gasteiger partial charge on any atom is 0.124 e. The van der Waals surface area contributed by atoms with Gasteiger partial charge in [0.25, 0.3) is 0 Å². The Morgan fingerprint density at radius 2 is 2.31 bits per heavy atom. The Kier molecular flexibility index (Phi) is 5.51. The molecule has 0 bridgehead atoms. The van der Waals surface area contributed by atoms with Crippen molar-refractivity contribution in [3.63, 3.8) is 0 Å². The van der Waals surface area contributed by atoms with Crippen molar-refractivity contribution in [2.24, 2.45) is 0 Å². The fourth-order valence-corrected chi connectivity index (χ4v) is 2.27. The molecule has 0 aromatic heterocycles. The molecule has 0 saturated carbocycles. The van der Waals surface area contributed by atoms with Crippen molar-refractivity contribution in [3.8, 4) is 12.3 Å². The van der Waals surface area contributed by atoms with Gasteiger partial charge in [-0.3, -0.25) is 0 Å². The number of halogens is 2. The maximum atomic E-state index is 12.9. The van der Waals surface area contributed by atoms with Crippen LogP contribution < -0.4 is 5.32 Å². The van der Waals surface area contributed by atoms with Crippen LogP contribution in [0.4, 0.5) is 4.39 Å². The van der Waals surface area contributed by atoms with Crippen molar-refractivity contribution in [1.29, 1.82) is 0 Å². The predicted octanol–water partition coefficient (Wildman–Crippen LogP) is 3.65. The molecular formula is C13H15BrFN. The zero-order valence-electron chi connectivity index (χ0n) is 9.26. The van der Waals surface area contributed by atoms with E-state index in [1.165, 1.54) is 12.1 Å². The highest BCUT2D eigenvalue weighted by Crippen LogP contribution is 2.27. The first-order valence-corrected chi connectivity index (χ1v) is 6.04. The second-order valence-corrected chi connectivity index (χ2v) is 4.46. The first kappa shape index (κ1) is 13.2. The van der Waals surface area contributed by atoms with Crippen molar-refractivity contribution in [3.05, 3.63) is 34.1 Å². The summed E-state index contributed by atoms with van der Waals surface area (Å²) >= 11 is 3.38. The van der Waals surface area contributed by atoms with E-state index in [2.05, 4.69) is 27.2 Å². The standard InChI is InChI=1S/C13H15BrFN/c1-3-4-5-6-13(16-2)11-8-7-10(15)9-12(11)14/h1,7-9,13,16H,4-6H2,2H3. The first-order valence-electron chi connectivity index (χ1n) is 5.24. The smallest absolute Gasteiger partial charge is 0.124 e. The summed E-state index contributed by atoms with van der Waals surface area (Å²) in [6.07, 6.45) is 7.90. The molecule has 3 heteroatoms. The summed E-state index contributed by atoms with van der Waals surface area (Å²) in [6.45, 7) is 0. The van der Waals surface area contributed by atoms with E-state index in [4.69, 9.17) is 6.42 Å². The van der Waals surface area contributed by atoms with Gasteiger partial charge in [-0.1, -0.05) is 22.0 Å². The highest BCUT2D eigenvalue weighted by Gasteiger charge is 2.12. The Morgan fingerprint density at radius 3 is 2.88 bits per heavy atom. The lowest BCUT2D eigenvalue weighted by Gasteiger charge is -2.17. The number of rotatable bonds is 5. The molecular weight excluding hydrogens is 269 g/mol. The average Bonchev–Trinajstić information content (AvgIpc) is 2.26. The molecule has 1 rings (SSSR count). The van der Waals surface area contributed by atoms with Crippen molar-refractivity contribution in [2.45, 2.75) is 25.3 Å². The lowest BCUT2D eigenvalue weighted by atomic mass is 10.0. The van der Waals surface area contributed by atoms with Gasteiger partial charge in [-0.2, -0.15) is 0 Å². The van der Waals surface area contributed by atoms with Crippen LogP contribution in [0, 0.1) is 18.2 Å². The fraction of sp³-hybridized carbons (Fsp3) is 0.385. The summed E-state index contributed by atoms with van der Waals surface area (Å²) in [5.74, 6) is 2.40. The number of terminal acetylenes is 1. The Morgan fingerprint density at radius 1 is 1.56 bits per heavy atom. The molecule has 1 N–H and O–H groups in total. The molecule has 0 aliphatic heterocycles. The van der Waals surface area contributed by atoms with Crippen LogP contribution in [0.3, 0.4) is 0 Å². The third kappa shape index (κ3) is 3.62. The van der Waals surface area contributed by atoms with Gasteiger partial charge in [-0.05, 0) is 37.6 Å². The van der Waals surface area contributed by atoms with Crippen molar-refractivity contribution < 1.29 is 4.39 Å². The van der Waals surface area contributed by atoms with Crippen LogP contribution in [0.1, 0.15) is 30.9 Å². The zero-order chi connectivity index (χ0) is 12.0. The molecule has 1 nitrogen and oxygen atoms in total. The van der Waals surface area contributed by atoms with Gasteiger partial charge in [0.05, 0.1) is 0 Å². The van der Waals surface area contributed by atoms with Gasteiger partial charge in [-0.25, -0.2) is 4.39 Å². The van der Waals surface area contributed by atoms with Crippen LogP contribution in [0.2, 0.25) is 0 Å². The molecule has 0 fully saturated rings. The average molecular weight is 284 g/mol. The monoisotopic (exact) mass is 283 g/mol. The van der Waals surface area contributed by atoms with Crippen LogP contribution in [-0.2, 0) is 0 Å². The molecule has 0 radical (unpaired) electrons. The highest BCUT2D eigenvalue weighted by atomic mass is 79.9. The van der Waals surface area contributed by atoms with Gasteiger partial charge >= 0.3 is 0 Å². The summed E-state index contributed by atoms with van der Waals surface area (Å²) in [6, 6.07) is 4.98. The zero-order valence-corrected chi connectivity index (χ0v) is 10.8. The topological polar surface area (TPSA) is 12.0 Å². The fourth-order valence-electron chi connectivity index (χ4n) is 1.65. The van der Waals surface area contributed by atoms with Crippen LogP contribution in [-0.4, -0.2) is 7.05 Å². The van der Waals surface area contributed by atoms with E-state index in [-0.39, 0.29) is 11.9 Å². The molecule has 0 amide bonds. The summed E-state index contributed by atoms with van der Waals surface area (Å²) < 4.78 is 13.7. The van der Waals surface area contributed by atoms with Gasteiger partial charge in [0.1, 0.15) is 5.82 Å². The molecule has 0 saturated heterocycles. The molecule has 0 heterocycles. The van der Waals surface area contributed by atoms with E-state index in [9.17, 15) is 4.39 Å². The summed E-state index contributed by atoms with van der Waals surface area (Å²) in [5.41, 5.74) is 1.07. The predicted molar refractivity (Wildman–Crippen MR) is 68.6 cm³/mol. The normalized spacial score (nSPS) is 12.1. The Bertz CT molecular complexity index is 384. The summed E-state index contributed by atoms with van der Waals surface area (Å²) in [5, 5.41) is 3.22. The lowest BCUT2D eigenvalue weighted by molar-refractivity contribution is 0.528. The third-order valence-corrected chi connectivity index (χ3v) is 3.19. The van der Waals surface area contributed by atoms with Crippen molar-refractivity contribution in [1.82, 2.24) is 5.32 Å². The Labute approximate surface area is 105 Å². The molecule has 0 aliphatic rings. The SMILES string of the molecule is C#CCCCC(NC)c1ccc(F)cc1Br. The first-order chi connectivity index (χ1) is 7.69. The quantitative estimate of drug-likeness (QED) is 0.643. The minimum absolute atomic E-state index is 0.211. The minimum Gasteiger partial charge on any atom is -0.313 e. The molecule has 16 heavy (non-hydrogen) atoms. The second kappa shape index (κ2) is 6.67. The van der Waals surface area contributed by atoms with Gasteiger partial charge in [-0.15, -0.1) is 12.3 Å². The van der Waals surface area contributed by atoms with E-state index in [0.717, 1.165) is 29.3 Å². The number of hydrogen-bond donors (Lipinski definition) is 1. The highest BCUT2D eigenvalue weighted by molar-refractivity contribution is 9.10. The number of nitrogens with one attached hydrogen (secondary N) is 1. The number of unbranched alkanes of at least 4 members (excludes halogenated alkanes) is 1. The third-order valence-electron chi connectivity index (χ3n) is 2.50. The molecule has 0 spiro atoms. The number of hydrogen-bond acceptors (Lipinski definition) is 1. The lowest BCUT2D eigenvalue weighted by Crippen LogP contribution is -2.16. The van der Waals surface area contributed by atoms with Gasteiger partial charge in [0, 0.05) is 16.9 Å². The second-order valence-electron chi connectivity index (χ2n) is 3.60. The summed E-state index contributed by atoms with van der Waals surface area (Å²) in [4.78, 5) is 0. The van der Waals surface area contributed by atoms with E-state index in [1.54, 1.807) is 6.07 Å². The van der Waals surface area contributed by atoms with Crippen molar-refractivity contribution >= 4 is 15.9 Å². The van der Waals surface area contributed by atoms with Gasteiger partial charge in [0.2, 0.25) is 0 Å². The molecule has 1 aromatic rings. The minimum atomic E-state index is -0.228. The Balaban J connectivity index is 2.75. The molecule has 1 aromatic carbocycles. The molecule has 1 unspecified atom stereocenters. The van der Waals surface area contributed by atoms with Crippen LogP contribution in [0.15, 0.2) is 22.7 Å². The molecule has 1 atom stereocenters. The molecule has 0 aliphatic carbocycles. The van der Waals surface area contributed by atoms with Crippen molar-refractivity contribution in [2.75, 3.05) is 7.05 Å². The van der Waals surface area contributed by atoms with E-state index in [1.807, 2.05) is 7.05 Å². The van der Waals surface area contributed by atoms with Crippen LogP contribution in [0.25, 0.3) is 0 Å². The van der Waals surface area contributed by atoms with E-state index < -0.39 is 0 Å². The van der Waals surface area contributed by atoms with Gasteiger partial charge < -0.3 is 5.32 Å². The largest absolute Gasteiger partial charge is 0.313 e. The Hall–Kier alpha value is -0.850. The molecule has 86 valence electrons. The maximum absolute atomic E-state index is 12.9.